The van der Waals surface area contributed by atoms with Gasteiger partial charge in [-0.25, -0.2) is 4.90 Å². The Morgan fingerprint density at radius 2 is 1.76 bits per heavy atom. The minimum Gasteiger partial charge on any atom is -0.326 e. The van der Waals surface area contributed by atoms with Crippen LogP contribution in [-0.4, -0.2) is 35.2 Å². The minimum atomic E-state index is -0.857. The summed E-state index contributed by atoms with van der Waals surface area (Å²) in [5.41, 5.74) is 3.00. The van der Waals surface area contributed by atoms with Crippen molar-refractivity contribution in [1.29, 1.82) is 0 Å². The summed E-state index contributed by atoms with van der Waals surface area (Å²) in [6, 6.07) is 21.0. The topological polar surface area (TPSA) is 57.7 Å². The van der Waals surface area contributed by atoms with Gasteiger partial charge in [-0.1, -0.05) is 41.4 Å². The predicted octanol–water partition coefficient (Wildman–Crippen LogP) is 5.27. The van der Waals surface area contributed by atoms with Gasteiger partial charge in [-0.15, -0.1) is 0 Å². The molecule has 0 aliphatic carbocycles. The molecule has 1 aliphatic rings. The summed E-state index contributed by atoms with van der Waals surface area (Å²) in [7, 11) is 0. The average molecular weight is 573 g/mol. The van der Waals surface area contributed by atoms with Gasteiger partial charge in [0.05, 0.1) is 12.1 Å². The molecule has 33 heavy (non-hydrogen) atoms. The lowest BCUT2D eigenvalue weighted by Gasteiger charge is -2.28. The maximum Gasteiger partial charge on any atom is 0.257 e. The molecule has 1 aliphatic heterocycles. The van der Waals surface area contributed by atoms with Crippen molar-refractivity contribution >= 4 is 57.6 Å². The molecule has 1 atom stereocenters. The first kappa shape index (κ1) is 23.4. The number of hydrogen-bond donors (Lipinski definition) is 0. The SMILES string of the molecule is Cc1ccc(C(=O)N(CCc2cccc(Cl)c2)C2CC(=O)N(c3ccc(I)cc3)C2=O)cc1. The Bertz CT molecular complexity index is 1190. The van der Waals surface area contributed by atoms with Crippen LogP contribution in [0.15, 0.2) is 72.8 Å². The zero-order chi connectivity index (χ0) is 23.5. The molecule has 3 aromatic rings. The molecule has 0 N–H and O–H groups in total. The third-order valence-electron chi connectivity index (χ3n) is 5.67. The standard InChI is InChI=1S/C26H22ClIN2O3/c1-17-5-7-19(8-6-17)25(32)29(14-13-18-3-2-4-20(27)15-18)23-16-24(31)30(26(23)33)22-11-9-21(28)10-12-22/h2-12,15,23H,13-14,16H2,1H3. The normalized spacial score (nSPS) is 15.7. The second kappa shape index (κ2) is 10.1. The molecular formula is C26H22ClIN2O3. The molecular weight excluding hydrogens is 551 g/mol. The van der Waals surface area contributed by atoms with Crippen LogP contribution in [0.25, 0.3) is 0 Å². The van der Waals surface area contributed by atoms with Crippen LogP contribution in [0.3, 0.4) is 0 Å². The average Bonchev–Trinajstić information content (AvgIpc) is 3.09. The third kappa shape index (κ3) is 5.28. The number of carbonyl (C=O) groups is 3. The van der Waals surface area contributed by atoms with Crippen molar-refractivity contribution in [2.45, 2.75) is 25.8 Å². The Kier molecular flexibility index (Phi) is 7.14. The molecule has 1 unspecified atom stereocenters. The highest BCUT2D eigenvalue weighted by atomic mass is 127. The van der Waals surface area contributed by atoms with Crippen LogP contribution in [0.5, 0.6) is 0 Å². The molecule has 0 spiro atoms. The van der Waals surface area contributed by atoms with E-state index in [9.17, 15) is 14.4 Å². The number of amides is 3. The van der Waals surface area contributed by atoms with Gasteiger partial charge < -0.3 is 4.90 Å². The van der Waals surface area contributed by atoms with Gasteiger partial charge in [0.1, 0.15) is 6.04 Å². The van der Waals surface area contributed by atoms with Gasteiger partial charge in [0.15, 0.2) is 0 Å². The molecule has 0 aromatic heterocycles. The van der Waals surface area contributed by atoms with Crippen molar-refractivity contribution in [1.82, 2.24) is 4.90 Å². The molecule has 7 heteroatoms. The maximum absolute atomic E-state index is 13.5. The van der Waals surface area contributed by atoms with Crippen LogP contribution in [0.1, 0.15) is 27.9 Å². The zero-order valence-corrected chi connectivity index (χ0v) is 20.9. The van der Waals surface area contributed by atoms with Crippen LogP contribution in [-0.2, 0) is 16.0 Å². The van der Waals surface area contributed by atoms with Gasteiger partial charge in [-0.05, 0) is 90.0 Å². The number of anilines is 1. The van der Waals surface area contributed by atoms with Crippen molar-refractivity contribution < 1.29 is 14.4 Å². The van der Waals surface area contributed by atoms with Crippen LogP contribution in [0.4, 0.5) is 5.69 Å². The Labute approximate surface area is 211 Å². The summed E-state index contributed by atoms with van der Waals surface area (Å²) < 4.78 is 1.00. The number of imide groups is 1. The number of aryl methyl sites for hydroxylation is 1. The predicted molar refractivity (Wildman–Crippen MR) is 137 cm³/mol. The largest absolute Gasteiger partial charge is 0.326 e. The lowest BCUT2D eigenvalue weighted by molar-refractivity contribution is -0.122. The summed E-state index contributed by atoms with van der Waals surface area (Å²) in [6.45, 7) is 2.24. The third-order valence-corrected chi connectivity index (χ3v) is 6.63. The minimum absolute atomic E-state index is 0.0437. The monoisotopic (exact) mass is 572 g/mol. The zero-order valence-electron chi connectivity index (χ0n) is 18.0. The van der Waals surface area contributed by atoms with E-state index < -0.39 is 6.04 Å². The highest BCUT2D eigenvalue weighted by Gasteiger charge is 2.44. The lowest BCUT2D eigenvalue weighted by atomic mass is 10.1. The van der Waals surface area contributed by atoms with Gasteiger partial charge in [-0.2, -0.15) is 0 Å². The van der Waals surface area contributed by atoms with Crippen molar-refractivity contribution in [3.8, 4) is 0 Å². The highest BCUT2D eigenvalue weighted by Crippen LogP contribution is 2.28. The Morgan fingerprint density at radius 1 is 1.06 bits per heavy atom. The molecule has 1 fully saturated rings. The van der Waals surface area contributed by atoms with Crippen LogP contribution < -0.4 is 4.90 Å². The molecule has 0 radical (unpaired) electrons. The Hall–Kier alpha value is -2.71. The van der Waals surface area contributed by atoms with E-state index in [0.29, 0.717) is 22.7 Å². The number of hydrogen-bond acceptors (Lipinski definition) is 3. The van der Waals surface area contributed by atoms with Crippen molar-refractivity contribution in [3.05, 3.63) is 98.1 Å². The van der Waals surface area contributed by atoms with E-state index in [4.69, 9.17) is 11.6 Å². The highest BCUT2D eigenvalue weighted by molar-refractivity contribution is 14.1. The number of nitrogens with zero attached hydrogens (tertiary/aromatic N) is 2. The van der Waals surface area contributed by atoms with E-state index in [2.05, 4.69) is 22.6 Å². The van der Waals surface area contributed by atoms with E-state index in [0.717, 1.165) is 14.7 Å². The first-order valence-electron chi connectivity index (χ1n) is 10.6. The molecule has 3 aromatic carbocycles. The summed E-state index contributed by atoms with van der Waals surface area (Å²) in [4.78, 5) is 42.4. The van der Waals surface area contributed by atoms with Crippen LogP contribution in [0, 0.1) is 10.5 Å². The molecule has 5 nitrogen and oxygen atoms in total. The summed E-state index contributed by atoms with van der Waals surface area (Å²) in [5, 5.41) is 0.612. The number of halogens is 2. The molecule has 0 saturated carbocycles. The fraction of sp³-hybridized carbons (Fsp3) is 0.192. The van der Waals surface area contributed by atoms with Crippen LogP contribution >= 0.6 is 34.2 Å². The fourth-order valence-corrected chi connectivity index (χ4v) is 4.50. The van der Waals surface area contributed by atoms with Gasteiger partial charge >= 0.3 is 0 Å². The van der Waals surface area contributed by atoms with E-state index in [1.165, 1.54) is 9.80 Å². The van der Waals surface area contributed by atoms with E-state index in [1.54, 1.807) is 30.3 Å². The number of rotatable bonds is 6. The van der Waals surface area contributed by atoms with E-state index in [1.807, 2.05) is 49.4 Å². The molecule has 1 heterocycles. The second-order valence-electron chi connectivity index (χ2n) is 8.01. The molecule has 168 valence electrons. The van der Waals surface area contributed by atoms with Crippen molar-refractivity contribution in [2.24, 2.45) is 0 Å². The number of benzene rings is 3. The summed E-state index contributed by atoms with van der Waals surface area (Å²) in [6.07, 6.45) is 0.470. The van der Waals surface area contributed by atoms with Crippen molar-refractivity contribution in [2.75, 3.05) is 11.4 Å². The van der Waals surface area contributed by atoms with Gasteiger partial charge in [0.25, 0.3) is 11.8 Å². The molecule has 3 amide bonds. The van der Waals surface area contributed by atoms with E-state index in [-0.39, 0.29) is 30.7 Å². The second-order valence-corrected chi connectivity index (χ2v) is 9.69. The molecule has 4 rings (SSSR count). The Morgan fingerprint density at radius 3 is 2.42 bits per heavy atom. The van der Waals surface area contributed by atoms with Gasteiger partial charge in [-0.3, -0.25) is 14.4 Å². The van der Waals surface area contributed by atoms with Gasteiger partial charge in [0.2, 0.25) is 5.91 Å². The first-order valence-corrected chi connectivity index (χ1v) is 12.0. The molecule has 1 saturated heterocycles. The first-order chi connectivity index (χ1) is 15.8. The summed E-state index contributed by atoms with van der Waals surface area (Å²) >= 11 is 8.28. The lowest BCUT2D eigenvalue weighted by Crippen LogP contribution is -2.46. The molecule has 0 bridgehead atoms. The maximum atomic E-state index is 13.5. The van der Waals surface area contributed by atoms with Crippen molar-refractivity contribution in [3.63, 3.8) is 0 Å². The number of carbonyl (C=O) groups excluding carboxylic acids is 3. The fourth-order valence-electron chi connectivity index (χ4n) is 3.92. The van der Waals surface area contributed by atoms with E-state index >= 15 is 0 Å². The van der Waals surface area contributed by atoms with Crippen LogP contribution in [0.2, 0.25) is 5.02 Å². The quantitative estimate of drug-likeness (QED) is 0.299. The van der Waals surface area contributed by atoms with Gasteiger partial charge in [0, 0.05) is 20.7 Å². The Balaban J connectivity index is 1.63. The smallest absolute Gasteiger partial charge is 0.257 e. The summed E-state index contributed by atoms with van der Waals surface area (Å²) in [5.74, 6) is -0.962.